The first-order valence-electron chi connectivity index (χ1n) is 14.7. The number of anilines is 5. The molecule has 12 heteroatoms. The molecule has 0 radical (unpaired) electrons. The summed E-state index contributed by atoms with van der Waals surface area (Å²) in [6.45, 7) is 6.30. The Labute approximate surface area is 260 Å². The number of ether oxygens (including phenoxy) is 1. The highest BCUT2D eigenvalue weighted by Crippen LogP contribution is 2.36. The first-order valence-corrected chi connectivity index (χ1v) is 14.7. The highest BCUT2D eigenvalue weighted by atomic mass is 19.1. The van der Waals surface area contributed by atoms with Crippen LogP contribution in [0.1, 0.15) is 40.9 Å². The average Bonchev–Trinajstić information content (AvgIpc) is 3.05. The smallest absolute Gasteiger partial charge is 0.261 e. The Balaban J connectivity index is 1.29. The van der Waals surface area contributed by atoms with Gasteiger partial charge in [0.05, 0.1) is 42.6 Å². The van der Waals surface area contributed by atoms with Crippen LogP contribution in [0.2, 0.25) is 0 Å². The van der Waals surface area contributed by atoms with Crippen LogP contribution < -0.4 is 20.9 Å². The zero-order valence-electron chi connectivity index (χ0n) is 25.0. The molecule has 6 rings (SSSR count). The summed E-state index contributed by atoms with van der Waals surface area (Å²) in [5.41, 5.74) is 9.31. The van der Waals surface area contributed by atoms with E-state index in [1.807, 2.05) is 24.3 Å². The zero-order chi connectivity index (χ0) is 31.7. The third kappa shape index (κ3) is 5.87. The number of nitrogens with one attached hydrogen (secondary N) is 1. The van der Waals surface area contributed by atoms with Crippen molar-refractivity contribution in [1.29, 1.82) is 5.26 Å². The highest BCUT2D eigenvalue weighted by Gasteiger charge is 2.33. The molecule has 230 valence electrons. The summed E-state index contributed by atoms with van der Waals surface area (Å²) in [4.78, 5) is 30.5. The van der Waals surface area contributed by atoms with Gasteiger partial charge in [-0.05, 0) is 67.8 Å². The number of rotatable bonds is 7. The predicted molar refractivity (Wildman–Crippen MR) is 169 cm³/mol. The van der Waals surface area contributed by atoms with Crippen molar-refractivity contribution in [3.63, 3.8) is 0 Å². The number of nitrogens with zero attached hydrogens (tertiary/aromatic N) is 6. The number of nitrogen functional groups attached to an aromatic ring is 1. The minimum absolute atomic E-state index is 0.0251. The number of hydrogen-bond donors (Lipinski definition) is 3. The summed E-state index contributed by atoms with van der Waals surface area (Å²) in [6.07, 6.45) is 0.375. The SMILES string of the molecule is CC(C)(C#N)c1cc(F)c2c(c1)CCN(c1cccc(-c3nc(N)nc(Nc4ccc(N5CCOCC5)cc4)n3)c1CO)C2=O. The number of hydrogen-bond acceptors (Lipinski definition) is 10. The number of amides is 1. The fourth-order valence-corrected chi connectivity index (χ4v) is 5.70. The van der Waals surface area contributed by atoms with Gasteiger partial charge in [-0.15, -0.1) is 0 Å². The Morgan fingerprint density at radius 2 is 1.84 bits per heavy atom. The molecule has 0 saturated carbocycles. The van der Waals surface area contributed by atoms with Crippen molar-refractivity contribution in [1.82, 2.24) is 15.0 Å². The van der Waals surface area contributed by atoms with Gasteiger partial charge in [-0.2, -0.15) is 20.2 Å². The molecule has 0 bridgehead atoms. The van der Waals surface area contributed by atoms with Gasteiger partial charge < -0.3 is 30.7 Å². The fourth-order valence-electron chi connectivity index (χ4n) is 5.70. The zero-order valence-corrected chi connectivity index (χ0v) is 25.0. The molecule has 1 saturated heterocycles. The Morgan fingerprint density at radius 3 is 2.56 bits per heavy atom. The third-order valence-corrected chi connectivity index (χ3v) is 8.23. The maximum atomic E-state index is 15.4. The van der Waals surface area contributed by atoms with Gasteiger partial charge in [-0.1, -0.05) is 18.2 Å². The standard InChI is InChI=1S/C33H33FN8O3/c1-33(2,19-35)21-16-20-10-11-42(30(44)28(20)26(34)17-21)27-5-3-4-24(25(27)18-43)29-38-31(36)40-32(39-29)37-22-6-8-23(9-7-22)41-12-14-45-15-13-41/h3-9,16-17,43H,10-15,18H2,1-2H3,(H3,36,37,38,39,40). The van der Waals surface area contributed by atoms with Crippen LogP contribution in [-0.2, 0) is 23.2 Å². The van der Waals surface area contributed by atoms with Crippen molar-refractivity contribution in [3.05, 3.63) is 82.7 Å². The highest BCUT2D eigenvalue weighted by molar-refractivity contribution is 6.09. The number of fused-ring (bicyclic) bond motifs is 1. The Morgan fingerprint density at radius 1 is 1.09 bits per heavy atom. The van der Waals surface area contributed by atoms with E-state index >= 15 is 4.39 Å². The van der Waals surface area contributed by atoms with E-state index in [-0.39, 0.29) is 29.8 Å². The van der Waals surface area contributed by atoms with Gasteiger partial charge in [0.15, 0.2) is 5.82 Å². The number of nitriles is 1. The molecule has 0 spiro atoms. The van der Waals surface area contributed by atoms with E-state index < -0.39 is 23.7 Å². The summed E-state index contributed by atoms with van der Waals surface area (Å²) >= 11 is 0. The first-order chi connectivity index (χ1) is 21.7. The number of nitrogens with two attached hydrogens (primary N) is 1. The number of aromatic nitrogens is 3. The molecule has 1 amide bonds. The second kappa shape index (κ2) is 12.1. The number of halogens is 1. The van der Waals surface area contributed by atoms with Crippen LogP contribution in [0, 0.1) is 17.1 Å². The number of benzene rings is 3. The quantitative estimate of drug-likeness (QED) is 0.276. The molecular formula is C33H33FN8O3. The van der Waals surface area contributed by atoms with E-state index in [1.165, 1.54) is 11.0 Å². The minimum Gasteiger partial charge on any atom is -0.392 e. The van der Waals surface area contributed by atoms with Gasteiger partial charge in [0.2, 0.25) is 11.9 Å². The number of aliphatic hydroxyl groups is 1. The van der Waals surface area contributed by atoms with Crippen molar-refractivity contribution in [2.24, 2.45) is 0 Å². The Hall–Kier alpha value is -5.12. The van der Waals surface area contributed by atoms with Gasteiger partial charge in [0.25, 0.3) is 5.91 Å². The summed E-state index contributed by atoms with van der Waals surface area (Å²) in [7, 11) is 0. The number of aliphatic hydroxyl groups excluding tert-OH is 1. The van der Waals surface area contributed by atoms with Crippen LogP contribution in [0.15, 0.2) is 54.6 Å². The fraction of sp³-hybridized carbons (Fsp3) is 0.303. The second-order valence-electron chi connectivity index (χ2n) is 11.5. The molecule has 0 aliphatic carbocycles. The summed E-state index contributed by atoms with van der Waals surface area (Å²) in [5, 5.41) is 23.2. The van der Waals surface area contributed by atoms with Crippen LogP contribution >= 0.6 is 0 Å². The molecule has 0 atom stereocenters. The summed E-state index contributed by atoms with van der Waals surface area (Å²) in [6, 6.07) is 18.2. The lowest BCUT2D eigenvalue weighted by atomic mass is 9.83. The molecule has 3 aromatic carbocycles. The van der Waals surface area contributed by atoms with Crippen molar-refractivity contribution < 1.29 is 19.0 Å². The number of carbonyl (C=O) groups excluding carboxylic acids is 1. The molecule has 45 heavy (non-hydrogen) atoms. The van der Waals surface area contributed by atoms with E-state index in [0.29, 0.717) is 47.6 Å². The molecule has 3 heterocycles. The molecule has 2 aliphatic rings. The van der Waals surface area contributed by atoms with Gasteiger partial charge in [0, 0.05) is 42.1 Å². The summed E-state index contributed by atoms with van der Waals surface area (Å²) in [5.74, 6) is -0.809. The molecule has 0 unspecified atom stereocenters. The van der Waals surface area contributed by atoms with E-state index in [2.05, 4.69) is 31.2 Å². The van der Waals surface area contributed by atoms with Gasteiger partial charge in [-0.3, -0.25) is 4.79 Å². The van der Waals surface area contributed by atoms with E-state index in [1.54, 1.807) is 38.1 Å². The topological polar surface area (TPSA) is 154 Å². The lowest BCUT2D eigenvalue weighted by Gasteiger charge is -2.31. The lowest BCUT2D eigenvalue weighted by molar-refractivity contribution is 0.0976. The predicted octanol–water partition coefficient (Wildman–Crippen LogP) is 4.34. The van der Waals surface area contributed by atoms with Crippen molar-refractivity contribution in [3.8, 4) is 17.5 Å². The normalized spacial score (nSPS) is 15.0. The lowest BCUT2D eigenvalue weighted by Crippen LogP contribution is -2.39. The van der Waals surface area contributed by atoms with E-state index in [0.717, 1.165) is 24.5 Å². The number of morpholine rings is 1. The van der Waals surface area contributed by atoms with Crippen LogP contribution in [-0.4, -0.2) is 58.8 Å². The summed E-state index contributed by atoms with van der Waals surface area (Å²) < 4.78 is 20.8. The maximum absolute atomic E-state index is 15.4. The van der Waals surface area contributed by atoms with Crippen molar-refractivity contribution in [2.45, 2.75) is 32.3 Å². The van der Waals surface area contributed by atoms with Gasteiger partial charge >= 0.3 is 0 Å². The van der Waals surface area contributed by atoms with Crippen molar-refractivity contribution in [2.75, 3.05) is 53.7 Å². The maximum Gasteiger partial charge on any atom is 0.261 e. The van der Waals surface area contributed by atoms with Crippen LogP contribution in [0.5, 0.6) is 0 Å². The molecule has 4 N–H and O–H groups in total. The van der Waals surface area contributed by atoms with E-state index in [9.17, 15) is 15.2 Å². The van der Waals surface area contributed by atoms with Crippen LogP contribution in [0.4, 0.5) is 33.3 Å². The molecule has 11 nitrogen and oxygen atoms in total. The monoisotopic (exact) mass is 608 g/mol. The molecular weight excluding hydrogens is 575 g/mol. The van der Waals surface area contributed by atoms with Crippen LogP contribution in [0.3, 0.4) is 0 Å². The van der Waals surface area contributed by atoms with Gasteiger partial charge in [-0.25, -0.2) is 4.39 Å². The molecule has 1 fully saturated rings. The Bertz CT molecular complexity index is 1800. The molecule has 4 aromatic rings. The van der Waals surface area contributed by atoms with Gasteiger partial charge in [0.1, 0.15) is 5.82 Å². The minimum atomic E-state index is -0.902. The average molecular weight is 609 g/mol. The largest absolute Gasteiger partial charge is 0.392 e. The first kappa shape index (κ1) is 29.9. The number of carbonyl (C=O) groups is 1. The molecule has 2 aliphatic heterocycles. The Kier molecular flexibility index (Phi) is 8.05. The third-order valence-electron chi connectivity index (χ3n) is 8.23. The van der Waals surface area contributed by atoms with Crippen LogP contribution in [0.25, 0.3) is 11.4 Å². The second-order valence-corrected chi connectivity index (χ2v) is 11.5. The molecule has 1 aromatic heterocycles. The van der Waals surface area contributed by atoms with Crippen molar-refractivity contribution >= 4 is 34.9 Å². The van der Waals surface area contributed by atoms with E-state index in [4.69, 9.17) is 10.5 Å².